The molecule has 2 aromatic heterocycles. The van der Waals surface area contributed by atoms with Crippen LogP contribution in [0.1, 0.15) is 25.3 Å². The average Bonchev–Trinajstić information content (AvgIpc) is 3.09. The van der Waals surface area contributed by atoms with Crippen molar-refractivity contribution in [3.05, 3.63) is 46.3 Å². The number of hydrogen-bond donors (Lipinski definition) is 2. The van der Waals surface area contributed by atoms with E-state index in [9.17, 15) is 0 Å². The van der Waals surface area contributed by atoms with Gasteiger partial charge in [-0.25, -0.2) is 0 Å². The maximum Gasteiger partial charge on any atom is 0.247 e. The molecule has 0 saturated heterocycles. The number of aromatic nitrogens is 3. The van der Waals surface area contributed by atoms with Gasteiger partial charge in [0, 0.05) is 5.69 Å². The minimum Gasteiger partial charge on any atom is -0.323 e. The molecule has 0 radical (unpaired) electrons. The molecule has 0 fully saturated rings. The van der Waals surface area contributed by atoms with E-state index in [4.69, 9.17) is 11.6 Å². The highest BCUT2D eigenvalue weighted by atomic mass is 35.5. The summed E-state index contributed by atoms with van der Waals surface area (Å²) in [5.74, 6) is 1.00. The molecule has 2 N–H and O–H groups in total. The van der Waals surface area contributed by atoms with Crippen LogP contribution in [0.3, 0.4) is 0 Å². The van der Waals surface area contributed by atoms with Gasteiger partial charge in [-0.2, -0.15) is 4.98 Å². The molecular weight excluding hydrogens is 336 g/mol. The van der Waals surface area contributed by atoms with Crippen molar-refractivity contribution in [1.29, 1.82) is 0 Å². The van der Waals surface area contributed by atoms with Crippen molar-refractivity contribution >= 4 is 46.3 Å². The monoisotopic (exact) mass is 350 g/mol. The first-order chi connectivity index (χ1) is 10.6. The number of nitrogens with zero attached hydrogens (tertiary/aromatic N) is 2. The molecular formula is C15H15ClN4S2. The highest BCUT2D eigenvalue weighted by molar-refractivity contribution is 8.01. The first kappa shape index (κ1) is 15.4. The maximum absolute atomic E-state index is 5.93. The molecule has 114 valence electrons. The van der Waals surface area contributed by atoms with Crippen LogP contribution in [0.5, 0.6) is 0 Å². The predicted molar refractivity (Wildman–Crippen MR) is 93.6 cm³/mol. The van der Waals surface area contributed by atoms with Gasteiger partial charge in [0.1, 0.15) is 0 Å². The van der Waals surface area contributed by atoms with E-state index >= 15 is 0 Å². The number of H-pyrrole nitrogens is 1. The Labute approximate surface area is 142 Å². The third-order valence-electron chi connectivity index (χ3n) is 3.04. The molecule has 22 heavy (non-hydrogen) atoms. The molecule has 3 aromatic rings. The lowest BCUT2D eigenvalue weighted by atomic mass is 10.0. The minimum atomic E-state index is 0.435. The Morgan fingerprint density at radius 1 is 1.23 bits per heavy atom. The average molecular weight is 351 g/mol. The first-order valence-corrected chi connectivity index (χ1v) is 8.84. The van der Waals surface area contributed by atoms with Crippen LogP contribution in [0.15, 0.2) is 45.8 Å². The van der Waals surface area contributed by atoms with Gasteiger partial charge in [-0.05, 0) is 41.4 Å². The zero-order valence-electron chi connectivity index (χ0n) is 12.1. The highest BCUT2D eigenvalue weighted by Crippen LogP contribution is 2.34. The smallest absolute Gasteiger partial charge is 0.247 e. The Morgan fingerprint density at radius 3 is 2.77 bits per heavy atom. The summed E-state index contributed by atoms with van der Waals surface area (Å²) in [5, 5.41) is 11.2. The lowest BCUT2D eigenvalue weighted by Gasteiger charge is -2.12. The number of nitrogens with one attached hydrogen (secondary N) is 2. The molecule has 0 aliphatic heterocycles. The van der Waals surface area contributed by atoms with Gasteiger partial charge in [0.15, 0.2) is 5.16 Å². The van der Waals surface area contributed by atoms with Crippen molar-refractivity contribution in [3.8, 4) is 0 Å². The van der Waals surface area contributed by atoms with Crippen LogP contribution in [0, 0.1) is 0 Å². The Kier molecular flexibility index (Phi) is 4.71. The Balaban J connectivity index is 1.74. The summed E-state index contributed by atoms with van der Waals surface area (Å²) in [5.41, 5.74) is 2.28. The SMILES string of the molecule is CC(C)c1ccccc1Nc1n[nH]c(Sc2ccc(Cl)s2)n1. The second-order valence-electron chi connectivity index (χ2n) is 4.99. The van der Waals surface area contributed by atoms with E-state index < -0.39 is 0 Å². The highest BCUT2D eigenvalue weighted by Gasteiger charge is 2.10. The number of para-hydroxylation sites is 1. The first-order valence-electron chi connectivity index (χ1n) is 6.83. The Morgan fingerprint density at radius 2 is 2.05 bits per heavy atom. The largest absolute Gasteiger partial charge is 0.323 e. The lowest BCUT2D eigenvalue weighted by Crippen LogP contribution is -1.98. The van der Waals surface area contributed by atoms with Crippen molar-refractivity contribution in [2.45, 2.75) is 29.1 Å². The summed E-state index contributed by atoms with van der Waals surface area (Å²) >= 11 is 8.97. The summed E-state index contributed by atoms with van der Waals surface area (Å²) in [7, 11) is 0. The summed E-state index contributed by atoms with van der Waals surface area (Å²) in [6.45, 7) is 4.33. The topological polar surface area (TPSA) is 53.6 Å². The fourth-order valence-corrected chi connectivity index (χ4v) is 4.17. The van der Waals surface area contributed by atoms with E-state index in [1.807, 2.05) is 30.3 Å². The van der Waals surface area contributed by atoms with E-state index in [-0.39, 0.29) is 0 Å². The minimum absolute atomic E-state index is 0.435. The quantitative estimate of drug-likeness (QED) is 0.634. The van der Waals surface area contributed by atoms with E-state index in [0.29, 0.717) is 11.9 Å². The molecule has 1 aromatic carbocycles. The predicted octanol–water partition coefficient (Wildman–Crippen LogP) is 5.54. The molecule has 4 nitrogen and oxygen atoms in total. The van der Waals surface area contributed by atoms with Crippen molar-refractivity contribution in [3.63, 3.8) is 0 Å². The van der Waals surface area contributed by atoms with Crippen molar-refractivity contribution in [1.82, 2.24) is 15.2 Å². The number of rotatable bonds is 5. The molecule has 0 saturated carbocycles. The van der Waals surface area contributed by atoms with Crippen molar-refractivity contribution < 1.29 is 0 Å². The molecule has 0 aliphatic rings. The van der Waals surface area contributed by atoms with Crippen LogP contribution >= 0.6 is 34.7 Å². The van der Waals surface area contributed by atoms with Crippen LogP contribution < -0.4 is 5.32 Å². The van der Waals surface area contributed by atoms with Gasteiger partial charge in [-0.15, -0.1) is 16.4 Å². The lowest BCUT2D eigenvalue weighted by molar-refractivity contribution is 0.868. The zero-order valence-corrected chi connectivity index (χ0v) is 14.5. The normalized spacial score (nSPS) is 11.1. The molecule has 0 unspecified atom stereocenters. The fourth-order valence-electron chi connectivity index (χ4n) is 2.03. The zero-order chi connectivity index (χ0) is 15.5. The van der Waals surface area contributed by atoms with E-state index in [2.05, 4.69) is 40.4 Å². The number of halogens is 1. The van der Waals surface area contributed by atoms with Gasteiger partial charge in [0.2, 0.25) is 5.95 Å². The molecule has 0 bridgehead atoms. The van der Waals surface area contributed by atoms with Crippen LogP contribution in [0.25, 0.3) is 0 Å². The molecule has 0 spiro atoms. The Bertz CT molecular complexity index is 766. The number of benzene rings is 1. The van der Waals surface area contributed by atoms with Gasteiger partial charge in [-0.3, -0.25) is 5.10 Å². The maximum atomic E-state index is 5.93. The summed E-state index contributed by atoms with van der Waals surface area (Å²) in [4.78, 5) is 4.46. The van der Waals surface area contributed by atoms with Crippen molar-refractivity contribution in [2.75, 3.05) is 5.32 Å². The molecule has 0 aliphatic carbocycles. The van der Waals surface area contributed by atoms with Gasteiger partial charge in [0.05, 0.1) is 8.55 Å². The van der Waals surface area contributed by atoms with Crippen LogP contribution in [0.4, 0.5) is 11.6 Å². The van der Waals surface area contributed by atoms with E-state index in [1.165, 1.54) is 28.7 Å². The standard InChI is InChI=1S/C15H15ClN4S2/c1-9(2)10-5-3-4-6-11(10)17-14-18-15(20-19-14)22-13-8-7-12(16)21-13/h3-9H,1-2H3,(H2,17,18,19,20). The molecule has 7 heteroatoms. The number of hydrogen-bond acceptors (Lipinski definition) is 5. The second kappa shape index (κ2) is 6.73. The van der Waals surface area contributed by atoms with Gasteiger partial charge >= 0.3 is 0 Å². The van der Waals surface area contributed by atoms with Gasteiger partial charge in [0.25, 0.3) is 0 Å². The molecule has 0 amide bonds. The second-order valence-corrected chi connectivity index (χ2v) is 8.00. The summed E-state index contributed by atoms with van der Waals surface area (Å²) in [6.07, 6.45) is 0. The van der Waals surface area contributed by atoms with E-state index in [0.717, 1.165) is 19.4 Å². The van der Waals surface area contributed by atoms with Crippen LogP contribution in [0.2, 0.25) is 4.34 Å². The number of anilines is 2. The Hall–Kier alpha value is -1.50. The third kappa shape index (κ3) is 3.63. The van der Waals surface area contributed by atoms with Crippen LogP contribution in [-0.2, 0) is 0 Å². The van der Waals surface area contributed by atoms with E-state index in [1.54, 1.807) is 0 Å². The fraction of sp³-hybridized carbons (Fsp3) is 0.200. The van der Waals surface area contributed by atoms with Crippen LogP contribution in [-0.4, -0.2) is 15.2 Å². The summed E-state index contributed by atoms with van der Waals surface area (Å²) < 4.78 is 1.85. The van der Waals surface area contributed by atoms with Gasteiger partial charge < -0.3 is 5.32 Å². The molecule has 0 atom stereocenters. The molecule has 2 heterocycles. The van der Waals surface area contributed by atoms with Crippen molar-refractivity contribution in [2.24, 2.45) is 0 Å². The molecule has 3 rings (SSSR count). The number of aromatic amines is 1. The number of thiophene rings is 1. The third-order valence-corrected chi connectivity index (χ3v) is 5.28. The van der Waals surface area contributed by atoms with Gasteiger partial charge in [-0.1, -0.05) is 43.6 Å². The summed E-state index contributed by atoms with van der Waals surface area (Å²) in [6, 6.07) is 12.1.